The highest BCUT2D eigenvalue weighted by Gasteiger charge is 2.46. The Morgan fingerprint density at radius 3 is 1.28 bits per heavy atom. The Morgan fingerprint density at radius 1 is 0.574 bits per heavy atom. The molecule has 6 aliphatic rings. The van der Waals surface area contributed by atoms with E-state index < -0.39 is 24.3 Å². The lowest BCUT2D eigenvalue weighted by Crippen LogP contribution is -2.51. The summed E-state index contributed by atoms with van der Waals surface area (Å²) in [5, 5.41) is 5.55. The largest absolute Gasteiger partial charge is 0.453 e. The predicted molar refractivity (Wildman–Crippen MR) is 259 cm³/mol. The number of methoxy groups -OCH3 is 2. The molecule has 10 rings (SSSR count). The molecule has 14 heteroatoms. The Morgan fingerprint density at radius 2 is 0.926 bits per heavy atom. The summed E-state index contributed by atoms with van der Waals surface area (Å²) in [4.78, 5) is 73.6. The van der Waals surface area contributed by atoms with Crippen LogP contribution in [0.4, 0.5) is 9.59 Å². The number of fused-ring (bicyclic) bond motifs is 2. The molecule has 2 spiro atoms. The van der Waals surface area contributed by atoms with Crippen molar-refractivity contribution in [3.8, 4) is 33.6 Å². The van der Waals surface area contributed by atoms with Gasteiger partial charge in [0.15, 0.2) is 0 Å². The van der Waals surface area contributed by atoms with Gasteiger partial charge in [0.25, 0.3) is 0 Å². The van der Waals surface area contributed by atoms with E-state index in [2.05, 4.69) is 44.9 Å². The third kappa shape index (κ3) is 8.26. The van der Waals surface area contributed by atoms with Crippen molar-refractivity contribution < 1.29 is 28.7 Å². The van der Waals surface area contributed by atoms with E-state index in [1.54, 1.807) is 0 Å². The highest BCUT2D eigenvalue weighted by molar-refractivity contribution is 5.88. The molecule has 4 aromatic rings. The van der Waals surface area contributed by atoms with Crippen LogP contribution in [0.15, 0.2) is 36.7 Å². The van der Waals surface area contributed by atoms with Crippen LogP contribution in [-0.2, 0) is 44.7 Å². The molecule has 4 fully saturated rings. The Labute approximate surface area is 400 Å². The molecule has 4 N–H and O–H groups in total. The van der Waals surface area contributed by atoms with Crippen LogP contribution in [0.2, 0.25) is 0 Å². The molecule has 2 aromatic heterocycles. The second-order valence-corrected chi connectivity index (χ2v) is 21.8. The first-order chi connectivity index (χ1) is 32.8. The first-order valence-corrected chi connectivity index (χ1v) is 25.5. The fraction of sp³-hybridized carbons (Fsp3) is 0.593. The number of hydrogen-bond donors (Lipinski definition) is 4. The molecular formula is C54H70N8O6. The number of imidazole rings is 2. The molecule has 0 bridgehead atoms. The monoisotopic (exact) mass is 927 g/mol. The van der Waals surface area contributed by atoms with E-state index in [1.165, 1.54) is 110 Å². The zero-order chi connectivity index (χ0) is 47.5. The number of alkyl carbamates (subject to hydrolysis) is 2. The molecule has 0 radical (unpaired) electrons. The average molecular weight is 927 g/mol. The van der Waals surface area contributed by atoms with Crippen molar-refractivity contribution in [1.82, 2.24) is 40.4 Å². The number of aromatic nitrogens is 4. The second-order valence-electron chi connectivity index (χ2n) is 21.8. The van der Waals surface area contributed by atoms with E-state index in [9.17, 15) is 19.2 Å². The minimum absolute atomic E-state index is 0.104. The summed E-state index contributed by atoms with van der Waals surface area (Å²) in [6, 6.07) is 7.64. The fourth-order valence-electron chi connectivity index (χ4n) is 13.5. The normalized spacial score (nSPS) is 22.1. The number of likely N-dealkylation sites (tertiary alicyclic amines) is 2. The Hall–Kier alpha value is -5.66. The van der Waals surface area contributed by atoms with E-state index in [1.807, 2.05) is 49.9 Å². The van der Waals surface area contributed by atoms with Crippen molar-refractivity contribution in [3.63, 3.8) is 0 Å². The topological polar surface area (TPSA) is 175 Å². The third-order valence-electron chi connectivity index (χ3n) is 16.9. The Balaban J connectivity index is 0.981. The van der Waals surface area contributed by atoms with E-state index in [4.69, 9.17) is 19.4 Å². The van der Waals surface area contributed by atoms with Crippen molar-refractivity contribution in [1.29, 1.82) is 0 Å². The van der Waals surface area contributed by atoms with Crippen molar-refractivity contribution >= 4 is 24.0 Å². The molecule has 2 saturated carbocycles. The molecule has 14 nitrogen and oxygen atoms in total. The van der Waals surface area contributed by atoms with Gasteiger partial charge in [-0.05, 0) is 133 Å². The number of carbonyl (C=O) groups excluding carboxylic acids is 4. The van der Waals surface area contributed by atoms with Crippen LogP contribution in [0.3, 0.4) is 0 Å². The molecule has 2 aliphatic heterocycles. The number of nitrogens with zero attached hydrogens (tertiary/aromatic N) is 4. The van der Waals surface area contributed by atoms with Gasteiger partial charge in [0.2, 0.25) is 11.8 Å². The minimum Gasteiger partial charge on any atom is -0.453 e. The van der Waals surface area contributed by atoms with E-state index >= 15 is 0 Å². The lowest BCUT2D eigenvalue weighted by atomic mass is 9.82. The van der Waals surface area contributed by atoms with Gasteiger partial charge in [0.05, 0.1) is 50.1 Å². The van der Waals surface area contributed by atoms with Crippen LogP contribution >= 0.6 is 0 Å². The number of benzene rings is 2. The van der Waals surface area contributed by atoms with Crippen molar-refractivity contribution in [2.45, 2.75) is 155 Å². The van der Waals surface area contributed by atoms with Gasteiger partial charge >= 0.3 is 12.2 Å². The van der Waals surface area contributed by atoms with Gasteiger partial charge in [-0.3, -0.25) is 9.59 Å². The van der Waals surface area contributed by atoms with Gasteiger partial charge in [0, 0.05) is 24.2 Å². The standard InChI is InChI=1S/C54H70N8O6/c1-31(2)45(59-51(65)67-5)49(63)61-23-11-13-43(61)47-55-29-41(57-47)35-17-15-33(37-25-53(27-39(35)37)19-7-8-20-53)34-16-18-36(40-28-54(26-38(34)40)21-9-10-22-54)42-30-56-48(58-42)44-14-12-24-62(44)50(64)46(32(3)4)60-52(66)68-6/h15-18,29-32,43-46H,7-14,19-28H2,1-6H3,(H,55,57)(H,56,58)(H,59,65)(H,60,66). The summed E-state index contributed by atoms with van der Waals surface area (Å²) in [7, 11) is 2.64. The number of amides is 4. The molecule has 4 heterocycles. The minimum atomic E-state index is -0.686. The van der Waals surface area contributed by atoms with Gasteiger partial charge in [-0.2, -0.15) is 0 Å². The molecule has 2 aromatic carbocycles. The zero-order valence-electron chi connectivity index (χ0n) is 40.9. The summed E-state index contributed by atoms with van der Waals surface area (Å²) in [5.41, 5.74) is 13.5. The zero-order valence-corrected chi connectivity index (χ0v) is 40.9. The molecule has 362 valence electrons. The maximum Gasteiger partial charge on any atom is 0.407 e. The third-order valence-corrected chi connectivity index (χ3v) is 16.9. The smallest absolute Gasteiger partial charge is 0.407 e. The summed E-state index contributed by atoms with van der Waals surface area (Å²) >= 11 is 0. The number of carbonyl (C=O) groups is 4. The fourth-order valence-corrected chi connectivity index (χ4v) is 13.5. The lowest BCUT2D eigenvalue weighted by Gasteiger charge is -2.30. The molecule has 4 aliphatic carbocycles. The van der Waals surface area contributed by atoms with Gasteiger partial charge in [-0.15, -0.1) is 0 Å². The average Bonchev–Trinajstić information content (AvgIpc) is 4.19. The SMILES string of the molecule is COC(=O)NC(C(=O)N1CCCC1c1ncc(-c2ccc(-c3ccc(-c4cnc(C5CCCN5C(=O)C(NC(=O)OC)C(C)C)[nH]4)c4c3CC3(CCCC3)C4)c3c2CC2(CCCC2)C3)[nH]1)C(C)C. The molecule has 4 amide bonds. The van der Waals surface area contributed by atoms with Gasteiger partial charge in [-0.25, -0.2) is 19.6 Å². The molecule has 68 heavy (non-hydrogen) atoms. The quantitative estimate of drug-likeness (QED) is 0.115. The Kier molecular flexibility index (Phi) is 12.4. The number of nitrogens with one attached hydrogen (secondary N) is 4. The van der Waals surface area contributed by atoms with Crippen molar-refractivity contribution in [2.24, 2.45) is 22.7 Å². The first-order valence-electron chi connectivity index (χ1n) is 25.5. The highest BCUT2D eigenvalue weighted by Crippen LogP contribution is 2.56. The molecular weight excluding hydrogens is 857 g/mol. The number of aromatic amines is 2. The van der Waals surface area contributed by atoms with Crippen molar-refractivity contribution in [3.05, 3.63) is 70.6 Å². The van der Waals surface area contributed by atoms with Crippen LogP contribution < -0.4 is 10.6 Å². The molecule has 4 atom stereocenters. The summed E-state index contributed by atoms with van der Waals surface area (Å²) in [5.74, 6) is 1.16. The van der Waals surface area contributed by atoms with E-state index in [0.29, 0.717) is 13.1 Å². The van der Waals surface area contributed by atoms with Crippen LogP contribution in [0.5, 0.6) is 0 Å². The van der Waals surface area contributed by atoms with Crippen LogP contribution in [0.25, 0.3) is 33.6 Å². The van der Waals surface area contributed by atoms with Gasteiger partial charge < -0.3 is 39.9 Å². The predicted octanol–water partition coefficient (Wildman–Crippen LogP) is 9.54. The van der Waals surface area contributed by atoms with Crippen molar-refractivity contribution in [2.75, 3.05) is 27.3 Å². The number of rotatable bonds is 11. The maximum absolute atomic E-state index is 14.0. The number of H-pyrrole nitrogens is 2. The van der Waals surface area contributed by atoms with Crippen LogP contribution in [-0.4, -0.2) is 93.1 Å². The van der Waals surface area contributed by atoms with E-state index in [0.717, 1.165) is 74.4 Å². The number of ether oxygens (including phenoxy) is 2. The summed E-state index contributed by atoms with van der Waals surface area (Å²) < 4.78 is 9.73. The lowest BCUT2D eigenvalue weighted by molar-refractivity contribution is -0.136. The Bertz CT molecular complexity index is 2410. The van der Waals surface area contributed by atoms with Crippen LogP contribution in [0, 0.1) is 22.7 Å². The van der Waals surface area contributed by atoms with Gasteiger partial charge in [-0.1, -0.05) is 77.6 Å². The summed E-state index contributed by atoms with van der Waals surface area (Å²) in [6.45, 7) is 8.98. The second kappa shape index (κ2) is 18.3. The molecule has 4 unspecified atom stereocenters. The molecule has 2 saturated heterocycles. The van der Waals surface area contributed by atoms with Gasteiger partial charge in [0.1, 0.15) is 23.7 Å². The van der Waals surface area contributed by atoms with Crippen LogP contribution in [0.1, 0.15) is 151 Å². The summed E-state index contributed by atoms with van der Waals surface area (Å²) in [6.07, 6.45) is 20.4. The van der Waals surface area contributed by atoms with E-state index in [-0.39, 0.29) is 46.6 Å². The first kappa shape index (κ1) is 46.1. The number of hydrogen-bond acceptors (Lipinski definition) is 8. The highest BCUT2D eigenvalue weighted by atomic mass is 16.5. The maximum atomic E-state index is 14.0.